The number of esters is 2. The maximum Gasteiger partial charge on any atom is 0.305 e. The monoisotopic (exact) mass is 925 g/mol. The van der Waals surface area contributed by atoms with Gasteiger partial charge in [0.05, 0.1) is 0 Å². The van der Waals surface area contributed by atoms with E-state index in [4.69, 9.17) is 9.47 Å². The normalized spacial score (nSPS) is 28.2. The number of carbonyl (C=O) groups excluding carboxylic acids is 4. The first-order valence-electron chi connectivity index (χ1n) is 26.1. The lowest BCUT2D eigenvalue weighted by Gasteiger charge is -2.62. The predicted octanol–water partition coefficient (Wildman–Crippen LogP) is 9.88. The molecule has 2 amide bonds. The van der Waals surface area contributed by atoms with Gasteiger partial charge in [0.25, 0.3) is 0 Å². The van der Waals surface area contributed by atoms with E-state index in [-0.39, 0.29) is 60.0 Å². The summed E-state index contributed by atoms with van der Waals surface area (Å²) in [6, 6.07) is 6.92. The number of benzene rings is 1. The summed E-state index contributed by atoms with van der Waals surface area (Å²) >= 11 is 0. The first-order valence-corrected chi connectivity index (χ1v) is 26.1. The van der Waals surface area contributed by atoms with Crippen molar-refractivity contribution >= 4 is 24.1 Å². The summed E-state index contributed by atoms with van der Waals surface area (Å²) in [5.74, 6) is -0.474. The minimum Gasteiger partial charge on any atom is -0.530 e. The number of rotatable bonds is 28. The Bertz CT molecular complexity index is 1560. The number of hydrogen-bond donors (Lipinski definition) is 0. The highest BCUT2D eigenvalue weighted by Crippen LogP contribution is 2.49. The molecule has 2 heterocycles. The Kier molecular flexibility index (Phi) is 22.8. The van der Waals surface area contributed by atoms with Crippen molar-refractivity contribution in [2.75, 3.05) is 26.3 Å². The van der Waals surface area contributed by atoms with Gasteiger partial charge in [0.15, 0.2) is 0 Å². The van der Waals surface area contributed by atoms with Crippen molar-refractivity contribution in [1.82, 2.24) is 19.6 Å². The lowest BCUT2D eigenvalue weighted by atomic mass is 9.66. The Morgan fingerprint density at radius 2 is 0.955 bits per heavy atom. The Morgan fingerprint density at radius 3 is 1.27 bits per heavy atom. The van der Waals surface area contributed by atoms with E-state index in [2.05, 4.69) is 92.9 Å². The average Bonchev–Trinajstić information content (AvgIpc) is 3.29. The van der Waals surface area contributed by atoms with Gasteiger partial charge in [0.2, 0.25) is 0 Å². The second-order valence-corrected chi connectivity index (χ2v) is 20.9. The SMILES string of the molecule is CCCCCCCC(=O)OCCN1C(C)(CC)CC(N(Cc2cccc(CN(C(=O)[O-])C3CC(C)(CC)N(CCOC(=O)CCCCCCC)C(C)(CC)C3C)c2)C(=O)[O-])C(C)C1(C)CC. The van der Waals surface area contributed by atoms with Gasteiger partial charge in [-0.1, -0.05) is 131 Å². The molecule has 0 saturated carbocycles. The lowest BCUT2D eigenvalue weighted by Crippen LogP contribution is -2.71. The third-order valence-electron chi connectivity index (χ3n) is 17.0. The van der Waals surface area contributed by atoms with Crippen LogP contribution in [0.4, 0.5) is 9.59 Å². The number of unbranched alkanes of at least 4 members (excludes halogenated alkanes) is 8. The van der Waals surface area contributed by atoms with E-state index in [1.165, 1.54) is 22.6 Å². The van der Waals surface area contributed by atoms with E-state index in [0.29, 0.717) is 52.0 Å². The second-order valence-electron chi connectivity index (χ2n) is 20.9. The molecule has 0 N–H and O–H groups in total. The molecule has 2 aliphatic heterocycles. The van der Waals surface area contributed by atoms with E-state index < -0.39 is 23.3 Å². The van der Waals surface area contributed by atoms with Gasteiger partial charge in [-0.3, -0.25) is 19.4 Å². The molecule has 8 unspecified atom stereocenters. The lowest BCUT2D eigenvalue weighted by molar-refractivity contribution is -0.274. The number of nitrogens with zero attached hydrogens (tertiary/aromatic N) is 4. The zero-order chi connectivity index (χ0) is 49.3. The highest BCUT2D eigenvalue weighted by atomic mass is 16.5. The van der Waals surface area contributed by atoms with Crippen LogP contribution in [0.15, 0.2) is 24.3 Å². The van der Waals surface area contributed by atoms with E-state index in [0.717, 1.165) is 88.2 Å². The molecular formula is C54H92N4O8-2. The first kappa shape index (κ1) is 56.9. The van der Waals surface area contributed by atoms with Gasteiger partial charge in [-0.25, -0.2) is 0 Å². The molecular weight excluding hydrogens is 833 g/mol. The quantitative estimate of drug-likeness (QED) is 0.0588. The number of carbonyl (C=O) groups is 4. The molecule has 0 radical (unpaired) electrons. The number of ether oxygens (including phenoxy) is 2. The summed E-state index contributed by atoms with van der Waals surface area (Å²) in [6.45, 7) is 27.9. The Morgan fingerprint density at radius 1 is 0.591 bits per heavy atom. The van der Waals surface area contributed by atoms with Crippen LogP contribution in [0.1, 0.15) is 210 Å². The molecule has 2 saturated heterocycles. The number of carboxylic acid groups (broad SMARTS) is 2. The molecule has 0 spiro atoms. The van der Waals surface area contributed by atoms with Crippen molar-refractivity contribution in [2.24, 2.45) is 11.8 Å². The Labute approximate surface area is 400 Å². The van der Waals surface area contributed by atoms with Gasteiger partial charge in [0.1, 0.15) is 25.4 Å². The maximum absolute atomic E-state index is 13.2. The van der Waals surface area contributed by atoms with E-state index in [9.17, 15) is 29.4 Å². The van der Waals surface area contributed by atoms with Gasteiger partial charge >= 0.3 is 11.9 Å². The van der Waals surface area contributed by atoms with Crippen molar-refractivity contribution in [3.8, 4) is 0 Å². The van der Waals surface area contributed by atoms with Crippen molar-refractivity contribution in [3.63, 3.8) is 0 Å². The Balaban J connectivity index is 1.80. The van der Waals surface area contributed by atoms with Crippen LogP contribution >= 0.6 is 0 Å². The maximum atomic E-state index is 13.2. The highest BCUT2D eigenvalue weighted by Gasteiger charge is 2.55. The van der Waals surface area contributed by atoms with Crippen LogP contribution in [0, 0.1) is 11.8 Å². The van der Waals surface area contributed by atoms with Crippen LogP contribution in [0.5, 0.6) is 0 Å². The second kappa shape index (κ2) is 26.4. The number of likely N-dealkylation sites (tertiary alicyclic amines) is 2. The van der Waals surface area contributed by atoms with E-state index in [1.807, 2.05) is 24.3 Å². The number of piperidine rings is 2. The molecule has 2 aliphatic rings. The minimum atomic E-state index is -1.23. The average molecular weight is 925 g/mol. The van der Waals surface area contributed by atoms with Crippen LogP contribution in [0.25, 0.3) is 0 Å². The summed E-state index contributed by atoms with van der Waals surface area (Å²) in [7, 11) is 0. The molecule has 0 aromatic heterocycles. The van der Waals surface area contributed by atoms with Crippen molar-refractivity contribution < 1.29 is 38.9 Å². The zero-order valence-electron chi connectivity index (χ0n) is 43.6. The third kappa shape index (κ3) is 14.3. The van der Waals surface area contributed by atoms with Gasteiger partial charge in [-0.05, 0) is 102 Å². The summed E-state index contributed by atoms with van der Waals surface area (Å²) in [4.78, 5) is 59.6. The topological polar surface area (TPSA) is 146 Å². The van der Waals surface area contributed by atoms with Crippen molar-refractivity contribution in [1.29, 1.82) is 0 Å². The Hall–Kier alpha value is -3.38. The molecule has 1 aromatic carbocycles. The molecule has 12 nitrogen and oxygen atoms in total. The van der Waals surface area contributed by atoms with Gasteiger partial charge in [-0.2, -0.15) is 0 Å². The molecule has 8 atom stereocenters. The molecule has 66 heavy (non-hydrogen) atoms. The summed E-state index contributed by atoms with van der Waals surface area (Å²) in [6.07, 6.45) is 13.4. The number of amides is 2. The number of hydrogen-bond acceptors (Lipinski definition) is 10. The fourth-order valence-corrected chi connectivity index (χ4v) is 11.8. The zero-order valence-corrected chi connectivity index (χ0v) is 43.6. The van der Waals surface area contributed by atoms with Gasteiger partial charge in [-0.15, -0.1) is 0 Å². The minimum absolute atomic E-state index is 0.0773. The summed E-state index contributed by atoms with van der Waals surface area (Å²) in [5, 5.41) is 26.4. The van der Waals surface area contributed by atoms with Gasteiger partial charge < -0.3 is 39.1 Å². The smallest absolute Gasteiger partial charge is 0.305 e. The third-order valence-corrected chi connectivity index (χ3v) is 17.0. The largest absolute Gasteiger partial charge is 0.530 e. The summed E-state index contributed by atoms with van der Waals surface area (Å²) in [5.41, 5.74) is -0.00743. The molecule has 1 aromatic rings. The van der Waals surface area contributed by atoms with E-state index >= 15 is 0 Å². The standard InChI is InChI=1S/C54H94N4O8/c1-13-19-21-23-25-30-47(59)65-34-32-57-51(9,15-3)37-45(41(7)53(57,11)17-5)55(49(61)62)39-43-28-27-29-44(36-43)40-56(50(63)64)46-38-52(10,16-4)58(54(12,18-6)42(46)8)33-35-66-48(60)31-26-24-22-20-14-2/h27-29,36,41-42,45-46H,13-26,30-35,37-40H2,1-12H3,(H,61,62)(H,63,64)/p-2. The van der Waals surface area contributed by atoms with Crippen LogP contribution < -0.4 is 10.2 Å². The van der Waals surface area contributed by atoms with Crippen LogP contribution in [0.2, 0.25) is 0 Å². The fourth-order valence-electron chi connectivity index (χ4n) is 11.8. The van der Waals surface area contributed by atoms with Gasteiger partial charge in [0, 0.05) is 73.3 Å². The van der Waals surface area contributed by atoms with Crippen LogP contribution in [-0.2, 0) is 32.2 Å². The van der Waals surface area contributed by atoms with Crippen molar-refractivity contribution in [3.05, 3.63) is 35.4 Å². The van der Waals surface area contributed by atoms with E-state index in [1.54, 1.807) is 0 Å². The first-order chi connectivity index (χ1) is 31.2. The molecule has 2 fully saturated rings. The van der Waals surface area contributed by atoms with Crippen LogP contribution in [0.3, 0.4) is 0 Å². The van der Waals surface area contributed by atoms with Crippen LogP contribution in [-0.4, -0.2) is 104 Å². The molecule has 0 bridgehead atoms. The molecule has 12 heteroatoms. The summed E-state index contributed by atoms with van der Waals surface area (Å²) < 4.78 is 11.5. The highest BCUT2D eigenvalue weighted by molar-refractivity contribution is 5.69. The van der Waals surface area contributed by atoms with Crippen molar-refractivity contribution in [2.45, 2.75) is 246 Å². The molecule has 0 aliphatic carbocycles. The molecule has 3 rings (SSSR count). The predicted molar refractivity (Wildman–Crippen MR) is 260 cm³/mol. The molecule has 378 valence electrons. The fraction of sp³-hybridized carbons (Fsp3) is 0.815.